The maximum atomic E-state index is 8.42. The lowest BCUT2D eigenvalue weighted by Crippen LogP contribution is -2.15. The molecule has 1 atom stereocenters. The summed E-state index contributed by atoms with van der Waals surface area (Å²) in [6.45, 7) is 6.78. The number of benzene rings is 1. The third kappa shape index (κ3) is 5.58. The second kappa shape index (κ2) is 7.60. The van der Waals surface area contributed by atoms with Crippen LogP contribution in [0.3, 0.4) is 0 Å². The van der Waals surface area contributed by atoms with E-state index in [2.05, 4.69) is 26.1 Å². The van der Waals surface area contributed by atoms with Crippen molar-refractivity contribution in [1.29, 1.82) is 5.26 Å². The zero-order valence-electron chi connectivity index (χ0n) is 11.4. The third-order valence-electron chi connectivity index (χ3n) is 2.75. The van der Waals surface area contributed by atoms with Crippen LogP contribution in [-0.4, -0.2) is 12.6 Å². The summed E-state index contributed by atoms with van der Waals surface area (Å²) < 4.78 is 5.21. The Labute approximate surface area is 110 Å². The second-order valence-corrected chi connectivity index (χ2v) is 4.99. The third-order valence-corrected chi connectivity index (χ3v) is 2.75. The van der Waals surface area contributed by atoms with Crippen molar-refractivity contribution in [1.82, 2.24) is 0 Å². The molecule has 0 aliphatic carbocycles. The summed E-state index contributed by atoms with van der Waals surface area (Å²) in [5, 5.41) is 11.9. The lowest BCUT2D eigenvalue weighted by molar-refractivity contribution is 0.368. The maximum Gasteiger partial charge on any atom is 0.174 e. The predicted octanol–water partition coefficient (Wildman–Crippen LogP) is 3.83. The van der Waals surface area contributed by atoms with Crippen molar-refractivity contribution in [2.45, 2.75) is 39.7 Å². The molecule has 1 rings (SSSR count). The summed E-state index contributed by atoms with van der Waals surface area (Å²) in [5.41, 5.74) is 1.09. The Morgan fingerprint density at radius 2 is 1.83 bits per heavy atom. The molecular weight excluding hydrogens is 224 g/mol. The summed E-state index contributed by atoms with van der Waals surface area (Å²) in [5.74, 6) is 1.48. The fourth-order valence-electron chi connectivity index (χ4n) is 1.70. The molecule has 1 aromatic carbocycles. The first-order valence-corrected chi connectivity index (χ1v) is 6.48. The number of ether oxygens (including phenoxy) is 1. The van der Waals surface area contributed by atoms with Gasteiger partial charge in [0.2, 0.25) is 0 Å². The molecule has 0 amide bonds. The van der Waals surface area contributed by atoms with E-state index in [1.807, 2.05) is 30.3 Å². The molecule has 0 saturated carbocycles. The van der Waals surface area contributed by atoms with Gasteiger partial charge < -0.3 is 10.1 Å². The lowest BCUT2D eigenvalue weighted by Gasteiger charge is -2.16. The Morgan fingerprint density at radius 1 is 1.17 bits per heavy atom. The van der Waals surface area contributed by atoms with Gasteiger partial charge in [-0.05, 0) is 49.9 Å². The molecule has 0 bridgehead atoms. The highest BCUT2D eigenvalue weighted by Gasteiger charge is 2.03. The molecule has 1 unspecified atom stereocenters. The average molecular weight is 246 g/mol. The smallest absolute Gasteiger partial charge is 0.174 e. The lowest BCUT2D eigenvalue weighted by atomic mass is 10.0. The summed E-state index contributed by atoms with van der Waals surface area (Å²) in [4.78, 5) is 0. The average Bonchev–Trinajstić information content (AvgIpc) is 2.35. The fourth-order valence-corrected chi connectivity index (χ4v) is 1.70. The van der Waals surface area contributed by atoms with Gasteiger partial charge >= 0.3 is 0 Å². The van der Waals surface area contributed by atoms with E-state index >= 15 is 0 Å². The van der Waals surface area contributed by atoms with Gasteiger partial charge in [0.25, 0.3) is 0 Å². The van der Waals surface area contributed by atoms with E-state index in [1.54, 1.807) is 0 Å². The minimum absolute atomic E-state index is 0.0948. The van der Waals surface area contributed by atoms with Crippen molar-refractivity contribution in [2.24, 2.45) is 5.92 Å². The number of anilines is 1. The van der Waals surface area contributed by atoms with Crippen molar-refractivity contribution in [3.63, 3.8) is 0 Å². The largest absolute Gasteiger partial charge is 0.479 e. The van der Waals surface area contributed by atoms with E-state index in [0.29, 0.717) is 6.04 Å². The first-order valence-electron chi connectivity index (χ1n) is 6.48. The van der Waals surface area contributed by atoms with Gasteiger partial charge in [-0.25, -0.2) is 0 Å². The van der Waals surface area contributed by atoms with Crippen LogP contribution in [0.5, 0.6) is 5.75 Å². The molecule has 1 N–H and O–H groups in total. The normalized spacial score (nSPS) is 11.9. The Morgan fingerprint density at radius 3 is 2.39 bits per heavy atom. The van der Waals surface area contributed by atoms with Crippen LogP contribution in [0, 0.1) is 17.2 Å². The van der Waals surface area contributed by atoms with Crippen LogP contribution in [0.1, 0.15) is 33.6 Å². The van der Waals surface area contributed by atoms with E-state index in [1.165, 1.54) is 12.8 Å². The molecule has 98 valence electrons. The van der Waals surface area contributed by atoms with Crippen LogP contribution in [0.25, 0.3) is 0 Å². The van der Waals surface area contributed by atoms with Crippen molar-refractivity contribution in [2.75, 3.05) is 11.9 Å². The Balaban J connectivity index is 2.40. The Hall–Kier alpha value is -1.69. The minimum atomic E-state index is 0.0948. The van der Waals surface area contributed by atoms with Crippen molar-refractivity contribution >= 4 is 5.69 Å². The second-order valence-electron chi connectivity index (χ2n) is 4.99. The molecule has 0 aliphatic heterocycles. The minimum Gasteiger partial charge on any atom is -0.479 e. The van der Waals surface area contributed by atoms with E-state index in [4.69, 9.17) is 10.00 Å². The zero-order valence-corrected chi connectivity index (χ0v) is 11.4. The van der Waals surface area contributed by atoms with Gasteiger partial charge in [0.15, 0.2) is 6.61 Å². The number of hydrogen-bond acceptors (Lipinski definition) is 3. The number of nitrogens with one attached hydrogen (secondary N) is 1. The van der Waals surface area contributed by atoms with Gasteiger partial charge in [0, 0.05) is 11.7 Å². The van der Waals surface area contributed by atoms with E-state index in [-0.39, 0.29) is 6.61 Å². The molecule has 0 saturated heterocycles. The summed E-state index contributed by atoms with van der Waals surface area (Å²) in [7, 11) is 0. The van der Waals surface area contributed by atoms with Crippen LogP contribution in [0.15, 0.2) is 24.3 Å². The summed E-state index contributed by atoms with van der Waals surface area (Å²) in [6, 6.07) is 10.2. The molecule has 1 aromatic rings. The van der Waals surface area contributed by atoms with Crippen LogP contribution in [0.4, 0.5) is 5.69 Å². The van der Waals surface area contributed by atoms with Crippen molar-refractivity contribution < 1.29 is 4.74 Å². The van der Waals surface area contributed by atoms with Gasteiger partial charge in [0.1, 0.15) is 11.8 Å². The van der Waals surface area contributed by atoms with Gasteiger partial charge in [-0.3, -0.25) is 0 Å². The van der Waals surface area contributed by atoms with Crippen LogP contribution < -0.4 is 10.1 Å². The number of hydrogen-bond donors (Lipinski definition) is 1. The van der Waals surface area contributed by atoms with E-state index < -0.39 is 0 Å². The molecule has 0 fully saturated rings. The fraction of sp³-hybridized carbons (Fsp3) is 0.533. The zero-order chi connectivity index (χ0) is 13.4. The predicted molar refractivity (Wildman–Crippen MR) is 74.7 cm³/mol. The highest BCUT2D eigenvalue weighted by atomic mass is 16.5. The Kier molecular flexibility index (Phi) is 6.07. The molecule has 0 spiro atoms. The monoisotopic (exact) mass is 246 g/mol. The molecule has 3 nitrogen and oxygen atoms in total. The number of rotatable bonds is 7. The van der Waals surface area contributed by atoms with Crippen LogP contribution in [0.2, 0.25) is 0 Å². The van der Waals surface area contributed by atoms with Gasteiger partial charge in [-0.1, -0.05) is 13.8 Å². The first kappa shape index (κ1) is 14.4. The number of nitriles is 1. The highest BCUT2D eigenvalue weighted by Crippen LogP contribution is 2.17. The molecule has 0 radical (unpaired) electrons. The number of nitrogens with zero attached hydrogens (tertiary/aromatic N) is 1. The van der Waals surface area contributed by atoms with Gasteiger partial charge in [-0.2, -0.15) is 5.26 Å². The molecule has 0 aromatic heterocycles. The summed E-state index contributed by atoms with van der Waals surface area (Å²) in [6.07, 6.45) is 2.40. The van der Waals surface area contributed by atoms with Crippen LogP contribution >= 0.6 is 0 Å². The van der Waals surface area contributed by atoms with Gasteiger partial charge in [-0.15, -0.1) is 0 Å². The highest BCUT2D eigenvalue weighted by molar-refractivity contribution is 5.46. The van der Waals surface area contributed by atoms with Crippen LogP contribution in [-0.2, 0) is 0 Å². The summed E-state index contributed by atoms with van der Waals surface area (Å²) >= 11 is 0. The van der Waals surface area contributed by atoms with Crippen molar-refractivity contribution in [3.8, 4) is 11.8 Å². The quantitative estimate of drug-likeness (QED) is 0.795. The molecule has 18 heavy (non-hydrogen) atoms. The molecule has 0 heterocycles. The van der Waals surface area contributed by atoms with Crippen molar-refractivity contribution in [3.05, 3.63) is 24.3 Å². The van der Waals surface area contributed by atoms with E-state index in [0.717, 1.165) is 17.4 Å². The SMILES string of the molecule is CC(C)CCC(C)Nc1ccc(OCC#N)cc1. The Bertz CT molecular complexity index is 378. The van der Waals surface area contributed by atoms with E-state index in [9.17, 15) is 0 Å². The maximum absolute atomic E-state index is 8.42. The molecular formula is C15H22N2O. The topological polar surface area (TPSA) is 45.0 Å². The molecule has 3 heteroatoms. The first-order chi connectivity index (χ1) is 8.61. The standard InChI is InChI=1S/C15H22N2O/c1-12(2)4-5-13(3)17-14-6-8-15(9-7-14)18-11-10-16/h6-9,12-13,17H,4-5,11H2,1-3H3. The molecule has 0 aliphatic rings. The van der Waals surface area contributed by atoms with Gasteiger partial charge in [0.05, 0.1) is 0 Å².